The van der Waals surface area contributed by atoms with Crippen LogP contribution in [0.2, 0.25) is 0 Å². The molecule has 0 aromatic heterocycles. The van der Waals surface area contributed by atoms with Crippen molar-refractivity contribution in [2.75, 3.05) is 24.7 Å². The van der Waals surface area contributed by atoms with E-state index in [1.54, 1.807) is 24.3 Å². The van der Waals surface area contributed by atoms with Crippen molar-refractivity contribution in [3.05, 3.63) is 90.5 Å². The Morgan fingerprint density at radius 3 is 2.03 bits per heavy atom. The van der Waals surface area contributed by atoms with Crippen LogP contribution >= 0.6 is 0 Å². The molecule has 0 radical (unpaired) electrons. The highest BCUT2D eigenvalue weighted by molar-refractivity contribution is 7.88. The van der Waals surface area contributed by atoms with Crippen molar-refractivity contribution in [3.63, 3.8) is 0 Å². The first-order valence-corrected chi connectivity index (χ1v) is 11.4. The lowest BCUT2D eigenvalue weighted by Crippen LogP contribution is -2.38. The fourth-order valence-corrected chi connectivity index (χ4v) is 3.63. The summed E-state index contributed by atoms with van der Waals surface area (Å²) < 4.78 is 31.1. The van der Waals surface area contributed by atoms with Crippen molar-refractivity contribution in [2.45, 2.75) is 6.42 Å². The van der Waals surface area contributed by atoms with E-state index in [0.717, 1.165) is 17.6 Å². The Bertz CT molecular complexity index is 1050. The van der Waals surface area contributed by atoms with Crippen LogP contribution in [0, 0.1) is 0 Å². The lowest BCUT2D eigenvalue weighted by molar-refractivity contribution is -0.116. The second-order valence-corrected chi connectivity index (χ2v) is 8.80. The normalized spacial score (nSPS) is 11.3. The van der Waals surface area contributed by atoms with E-state index in [1.807, 2.05) is 60.7 Å². The Morgan fingerprint density at radius 1 is 0.867 bits per heavy atom. The molecule has 0 atom stereocenters. The number of nitrogens with one attached hydrogen (secondary N) is 1. The standard InChI is InChI=1S/C23H24N2O4S/c1-30(27,28)25(17-16-19-8-4-2-5-9-19)18-23(26)24-20-12-14-22(15-13-20)29-21-10-6-3-7-11-21/h2-15H,16-18H2,1H3,(H,24,26). The Balaban J connectivity index is 1.56. The Hall–Kier alpha value is -3.16. The van der Waals surface area contributed by atoms with Gasteiger partial charge in [0.2, 0.25) is 15.9 Å². The van der Waals surface area contributed by atoms with Gasteiger partial charge in [-0.1, -0.05) is 48.5 Å². The van der Waals surface area contributed by atoms with Crippen LogP contribution in [-0.4, -0.2) is 38.0 Å². The molecule has 3 rings (SSSR count). The summed E-state index contributed by atoms with van der Waals surface area (Å²) in [5.74, 6) is 0.960. The number of ether oxygens (including phenoxy) is 1. The van der Waals surface area contributed by atoms with E-state index < -0.39 is 15.9 Å². The van der Waals surface area contributed by atoms with E-state index in [-0.39, 0.29) is 13.1 Å². The first-order chi connectivity index (χ1) is 14.4. The number of sulfonamides is 1. The summed E-state index contributed by atoms with van der Waals surface area (Å²) in [6.07, 6.45) is 1.65. The molecule has 30 heavy (non-hydrogen) atoms. The number of rotatable bonds is 9. The van der Waals surface area contributed by atoms with E-state index in [9.17, 15) is 13.2 Å². The van der Waals surface area contributed by atoms with Gasteiger partial charge in [0, 0.05) is 12.2 Å². The third kappa shape index (κ3) is 6.72. The number of para-hydroxylation sites is 1. The van der Waals surface area contributed by atoms with Crippen molar-refractivity contribution in [1.82, 2.24) is 4.31 Å². The Morgan fingerprint density at radius 2 is 1.43 bits per heavy atom. The fraction of sp³-hybridized carbons (Fsp3) is 0.174. The summed E-state index contributed by atoms with van der Waals surface area (Å²) in [7, 11) is -3.51. The summed E-state index contributed by atoms with van der Waals surface area (Å²) in [6, 6.07) is 25.9. The average molecular weight is 425 g/mol. The van der Waals surface area contributed by atoms with Crippen LogP contribution in [0.25, 0.3) is 0 Å². The van der Waals surface area contributed by atoms with Crippen LogP contribution in [-0.2, 0) is 21.2 Å². The van der Waals surface area contributed by atoms with Gasteiger partial charge in [-0.15, -0.1) is 0 Å². The quantitative estimate of drug-likeness (QED) is 0.565. The number of benzene rings is 3. The number of carbonyl (C=O) groups is 1. The minimum Gasteiger partial charge on any atom is -0.457 e. The summed E-state index contributed by atoms with van der Waals surface area (Å²) in [5, 5.41) is 2.73. The minimum absolute atomic E-state index is 0.236. The monoisotopic (exact) mass is 424 g/mol. The highest BCUT2D eigenvalue weighted by Gasteiger charge is 2.20. The molecule has 0 aliphatic heterocycles. The highest BCUT2D eigenvalue weighted by Crippen LogP contribution is 2.22. The van der Waals surface area contributed by atoms with Crippen LogP contribution in [0.1, 0.15) is 5.56 Å². The summed E-state index contributed by atoms with van der Waals surface area (Å²) in [5.41, 5.74) is 1.58. The molecule has 0 unspecified atom stereocenters. The average Bonchev–Trinajstić information content (AvgIpc) is 2.73. The maximum atomic E-state index is 12.4. The van der Waals surface area contributed by atoms with Gasteiger partial charge in [-0.2, -0.15) is 4.31 Å². The third-order valence-electron chi connectivity index (χ3n) is 4.40. The van der Waals surface area contributed by atoms with Crippen molar-refractivity contribution in [2.24, 2.45) is 0 Å². The van der Waals surface area contributed by atoms with E-state index in [1.165, 1.54) is 4.31 Å². The zero-order valence-electron chi connectivity index (χ0n) is 16.7. The molecule has 0 heterocycles. The van der Waals surface area contributed by atoms with Gasteiger partial charge in [-0.25, -0.2) is 8.42 Å². The Kier molecular flexibility index (Phi) is 7.21. The SMILES string of the molecule is CS(=O)(=O)N(CCc1ccccc1)CC(=O)Nc1ccc(Oc2ccccc2)cc1. The van der Waals surface area contributed by atoms with Gasteiger partial charge in [0.15, 0.2) is 0 Å². The lowest BCUT2D eigenvalue weighted by Gasteiger charge is -2.19. The predicted octanol–water partition coefficient (Wildman–Crippen LogP) is 3.92. The second-order valence-electron chi connectivity index (χ2n) is 6.82. The molecule has 1 amide bonds. The molecular weight excluding hydrogens is 400 g/mol. The van der Waals surface area contributed by atoms with Gasteiger partial charge in [0.05, 0.1) is 12.8 Å². The maximum Gasteiger partial charge on any atom is 0.239 e. The van der Waals surface area contributed by atoms with Crippen LogP contribution in [0.5, 0.6) is 11.5 Å². The molecule has 156 valence electrons. The lowest BCUT2D eigenvalue weighted by atomic mass is 10.1. The fourth-order valence-electron chi connectivity index (χ4n) is 2.85. The first-order valence-electron chi connectivity index (χ1n) is 9.52. The molecule has 6 nitrogen and oxygen atoms in total. The zero-order chi connectivity index (χ0) is 21.4. The number of nitrogens with zero attached hydrogens (tertiary/aromatic N) is 1. The smallest absolute Gasteiger partial charge is 0.239 e. The molecular formula is C23H24N2O4S. The van der Waals surface area contributed by atoms with Crippen LogP contribution < -0.4 is 10.1 Å². The van der Waals surface area contributed by atoms with E-state index in [4.69, 9.17) is 4.74 Å². The molecule has 3 aromatic carbocycles. The number of hydrogen-bond acceptors (Lipinski definition) is 4. The number of anilines is 1. The molecule has 0 saturated heterocycles. The third-order valence-corrected chi connectivity index (χ3v) is 5.65. The highest BCUT2D eigenvalue weighted by atomic mass is 32.2. The van der Waals surface area contributed by atoms with Crippen LogP contribution in [0.15, 0.2) is 84.9 Å². The van der Waals surface area contributed by atoms with Gasteiger partial charge in [0.25, 0.3) is 0 Å². The van der Waals surface area contributed by atoms with Gasteiger partial charge in [-0.05, 0) is 48.4 Å². The van der Waals surface area contributed by atoms with E-state index in [2.05, 4.69) is 5.32 Å². The van der Waals surface area contributed by atoms with Gasteiger partial charge < -0.3 is 10.1 Å². The van der Waals surface area contributed by atoms with Crippen LogP contribution in [0.4, 0.5) is 5.69 Å². The topological polar surface area (TPSA) is 75.7 Å². The molecule has 0 spiro atoms. The minimum atomic E-state index is -3.51. The van der Waals surface area contributed by atoms with E-state index in [0.29, 0.717) is 17.9 Å². The second kappa shape index (κ2) is 10.0. The van der Waals surface area contributed by atoms with Crippen molar-refractivity contribution >= 4 is 21.6 Å². The molecule has 7 heteroatoms. The number of amides is 1. The van der Waals surface area contributed by atoms with Gasteiger partial charge in [-0.3, -0.25) is 4.79 Å². The maximum absolute atomic E-state index is 12.4. The number of carbonyl (C=O) groups excluding carboxylic acids is 1. The van der Waals surface area contributed by atoms with Crippen molar-refractivity contribution < 1.29 is 17.9 Å². The summed E-state index contributed by atoms with van der Waals surface area (Å²) in [6.45, 7) is -0.00590. The Labute approximate surface area is 177 Å². The van der Waals surface area contributed by atoms with Crippen LogP contribution in [0.3, 0.4) is 0 Å². The van der Waals surface area contributed by atoms with Gasteiger partial charge in [0.1, 0.15) is 11.5 Å². The zero-order valence-corrected chi connectivity index (χ0v) is 17.5. The molecule has 1 N–H and O–H groups in total. The predicted molar refractivity (Wildman–Crippen MR) is 118 cm³/mol. The summed E-state index contributed by atoms with van der Waals surface area (Å²) in [4.78, 5) is 12.4. The molecule has 0 saturated carbocycles. The van der Waals surface area contributed by atoms with Crippen molar-refractivity contribution in [1.29, 1.82) is 0 Å². The van der Waals surface area contributed by atoms with Gasteiger partial charge >= 0.3 is 0 Å². The summed E-state index contributed by atoms with van der Waals surface area (Å²) >= 11 is 0. The van der Waals surface area contributed by atoms with E-state index >= 15 is 0 Å². The molecule has 0 aliphatic rings. The molecule has 0 fully saturated rings. The largest absolute Gasteiger partial charge is 0.457 e. The number of hydrogen-bond donors (Lipinski definition) is 1. The van der Waals surface area contributed by atoms with Crippen molar-refractivity contribution in [3.8, 4) is 11.5 Å². The molecule has 0 aliphatic carbocycles. The molecule has 0 bridgehead atoms. The first kappa shape index (κ1) is 21.5. The molecule has 3 aromatic rings.